The number of benzene rings is 2. The highest BCUT2D eigenvalue weighted by Crippen LogP contribution is 2.30. The first-order valence-electron chi connectivity index (χ1n) is 12.8. The van der Waals surface area contributed by atoms with Crippen molar-refractivity contribution in [1.29, 1.82) is 0 Å². The number of nitrogens with zero attached hydrogens (tertiary/aromatic N) is 4. The molecule has 0 spiro atoms. The van der Waals surface area contributed by atoms with Gasteiger partial charge in [-0.25, -0.2) is 9.97 Å². The maximum Gasteiger partial charge on any atom is 0.247 e. The van der Waals surface area contributed by atoms with Gasteiger partial charge in [-0.3, -0.25) is 9.79 Å². The smallest absolute Gasteiger partial charge is 0.247 e. The number of amides is 1. The molecule has 2 aromatic carbocycles. The highest BCUT2D eigenvalue weighted by atomic mass is 32.2. The lowest BCUT2D eigenvalue weighted by atomic mass is 10.1. The summed E-state index contributed by atoms with van der Waals surface area (Å²) >= 11 is 1.59. The van der Waals surface area contributed by atoms with Gasteiger partial charge in [-0.05, 0) is 54.3 Å². The minimum atomic E-state index is -0.420. The Kier molecular flexibility index (Phi) is 8.05. The van der Waals surface area contributed by atoms with Crippen LogP contribution in [0.1, 0.15) is 36.1 Å². The molecule has 3 heterocycles. The number of carbonyl (C=O) groups is 1. The van der Waals surface area contributed by atoms with Gasteiger partial charge in [0.2, 0.25) is 5.91 Å². The van der Waals surface area contributed by atoms with Gasteiger partial charge in [0.15, 0.2) is 11.0 Å². The summed E-state index contributed by atoms with van der Waals surface area (Å²) in [5.41, 5.74) is 5.88. The second kappa shape index (κ2) is 11.8. The van der Waals surface area contributed by atoms with E-state index in [0.29, 0.717) is 24.0 Å². The molecule has 2 unspecified atom stereocenters. The number of thioether (sulfide) groups is 1. The third-order valence-electron chi connectivity index (χ3n) is 6.55. The van der Waals surface area contributed by atoms with Crippen molar-refractivity contribution in [2.75, 3.05) is 24.3 Å². The van der Waals surface area contributed by atoms with Crippen molar-refractivity contribution >= 4 is 35.3 Å². The first-order valence-corrected chi connectivity index (χ1v) is 13.7. The van der Waals surface area contributed by atoms with Crippen molar-refractivity contribution in [3.05, 3.63) is 77.5 Å². The second-order valence-electron chi connectivity index (χ2n) is 9.38. The molecular formula is C29H32N6O2S. The van der Waals surface area contributed by atoms with Crippen LogP contribution < -0.4 is 10.6 Å². The number of ether oxygens (including phenoxy) is 1. The van der Waals surface area contributed by atoms with Gasteiger partial charge in [0.25, 0.3) is 0 Å². The molecule has 3 aliphatic rings. The maximum absolute atomic E-state index is 13.5. The topological polar surface area (TPSA) is 93.4 Å². The van der Waals surface area contributed by atoms with E-state index in [0.717, 1.165) is 40.5 Å². The molecule has 2 N–H and O–H groups in total. The molecular weight excluding hydrogens is 496 g/mol. The van der Waals surface area contributed by atoms with Crippen LogP contribution in [0.15, 0.2) is 70.9 Å². The lowest BCUT2D eigenvalue weighted by Gasteiger charge is -2.23. The molecule has 196 valence electrons. The van der Waals surface area contributed by atoms with Crippen LogP contribution in [-0.2, 0) is 21.9 Å². The average molecular weight is 529 g/mol. The van der Waals surface area contributed by atoms with Gasteiger partial charge in [0.05, 0.1) is 19.2 Å². The predicted molar refractivity (Wildman–Crippen MR) is 153 cm³/mol. The zero-order valence-corrected chi connectivity index (χ0v) is 22.7. The zero-order valence-electron chi connectivity index (χ0n) is 21.8. The number of nitrogens with one attached hydrogen (secondary N) is 2. The van der Waals surface area contributed by atoms with Gasteiger partial charge in [-0.1, -0.05) is 49.0 Å². The molecule has 0 aliphatic carbocycles. The van der Waals surface area contributed by atoms with E-state index in [1.54, 1.807) is 18.9 Å². The number of methoxy groups -OCH3 is 1. The minimum Gasteiger partial charge on any atom is -0.380 e. The monoisotopic (exact) mass is 528 g/mol. The van der Waals surface area contributed by atoms with Crippen LogP contribution in [-0.4, -0.2) is 46.4 Å². The van der Waals surface area contributed by atoms with Gasteiger partial charge < -0.3 is 19.9 Å². The van der Waals surface area contributed by atoms with E-state index in [1.807, 2.05) is 61.2 Å². The average Bonchev–Trinajstić information content (AvgIpc) is 3.32. The minimum absolute atomic E-state index is 0.0798. The van der Waals surface area contributed by atoms with Crippen LogP contribution in [0.4, 0.5) is 11.4 Å². The summed E-state index contributed by atoms with van der Waals surface area (Å²) in [5, 5.41) is 7.27. The van der Waals surface area contributed by atoms with E-state index in [4.69, 9.17) is 14.7 Å². The Hall–Kier alpha value is -3.69. The van der Waals surface area contributed by atoms with Crippen molar-refractivity contribution in [3.8, 4) is 11.5 Å². The first-order chi connectivity index (χ1) is 18.5. The van der Waals surface area contributed by atoms with Gasteiger partial charge in [-0.15, -0.1) is 0 Å². The molecule has 2 atom stereocenters. The van der Waals surface area contributed by atoms with Crippen LogP contribution in [0, 0.1) is 6.92 Å². The van der Waals surface area contributed by atoms with Gasteiger partial charge in [0.1, 0.15) is 11.7 Å². The molecule has 0 saturated heterocycles. The zero-order chi connectivity index (χ0) is 26.5. The van der Waals surface area contributed by atoms with Crippen molar-refractivity contribution in [2.45, 2.75) is 49.9 Å². The first kappa shape index (κ1) is 25.9. The summed E-state index contributed by atoms with van der Waals surface area (Å²) in [6.07, 6.45) is 4.43. The van der Waals surface area contributed by atoms with E-state index in [-0.39, 0.29) is 11.9 Å². The molecule has 0 fully saturated rings. The summed E-state index contributed by atoms with van der Waals surface area (Å²) in [4.78, 5) is 27.2. The summed E-state index contributed by atoms with van der Waals surface area (Å²) in [7, 11) is 1.70. The highest BCUT2D eigenvalue weighted by Gasteiger charge is 2.24. The molecule has 0 radical (unpaired) electrons. The summed E-state index contributed by atoms with van der Waals surface area (Å²) < 4.78 is 7.12. The van der Waals surface area contributed by atoms with Gasteiger partial charge >= 0.3 is 0 Å². The number of hydrogen-bond acceptors (Lipinski definition) is 7. The van der Waals surface area contributed by atoms with E-state index in [1.165, 1.54) is 5.56 Å². The fourth-order valence-corrected chi connectivity index (χ4v) is 5.17. The number of aliphatic imine (C=N–C) groups is 1. The lowest BCUT2D eigenvalue weighted by Crippen LogP contribution is -2.31. The molecule has 5 rings (SSSR count). The Morgan fingerprint density at radius 2 is 1.95 bits per heavy atom. The number of fused-ring (bicyclic) bond motifs is 1. The number of rotatable bonds is 11. The Morgan fingerprint density at radius 1 is 1.16 bits per heavy atom. The van der Waals surface area contributed by atoms with E-state index in [2.05, 4.69) is 39.9 Å². The molecule has 0 aromatic heterocycles. The number of hydrogen-bond donors (Lipinski definition) is 2. The Balaban J connectivity index is 1.30. The molecule has 0 saturated carbocycles. The van der Waals surface area contributed by atoms with Gasteiger partial charge in [-0.2, -0.15) is 0 Å². The SMILES string of the molecule is CCC(C(=O)Nc1cc(NC2C=NC2)ccc1C)n1cccc2nc(SCc3ccc(COC)cc3)nc1-2. The number of aromatic nitrogens is 3. The number of anilines is 2. The highest BCUT2D eigenvalue weighted by molar-refractivity contribution is 7.98. The summed E-state index contributed by atoms with van der Waals surface area (Å²) in [6.45, 7) is 5.39. The Labute approximate surface area is 227 Å². The molecule has 2 aromatic rings. The van der Waals surface area contributed by atoms with Crippen LogP contribution in [0.25, 0.3) is 11.5 Å². The standard InChI is InChI=1S/C29H32N6O2S/c1-4-26(28(36)32-25-14-22(12-7-19(25)2)31-23-15-30-16-23)35-13-5-6-24-27(35)34-29(33-24)38-18-21-10-8-20(9-11-21)17-37-3/h5-15,23,26,31H,4,16-18H2,1-3H3,(H,32,36). The van der Waals surface area contributed by atoms with E-state index < -0.39 is 6.04 Å². The molecule has 8 nitrogen and oxygen atoms in total. The third-order valence-corrected chi connectivity index (χ3v) is 7.47. The van der Waals surface area contributed by atoms with Crippen LogP contribution >= 0.6 is 11.8 Å². The third kappa shape index (κ3) is 5.89. The summed E-state index contributed by atoms with van der Waals surface area (Å²) in [6, 6.07) is 18.1. The van der Waals surface area contributed by atoms with Gasteiger partial charge in [0, 0.05) is 36.6 Å². The van der Waals surface area contributed by atoms with E-state index >= 15 is 0 Å². The largest absolute Gasteiger partial charge is 0.380 e. The van der Waals surface area contributed by atoms with E-state index in [9.17, 15) is 4.79 Å². The molecule has 9 heteroatoms. The Bertz CT molecular complexity index is 1400. The van der Waals surface area contributed by atoms with Crippen molar-refractivity contribution in [3.63, 3.8) is 0 Å². The van der Waals surface area contributed by atoms with Crippen LogP contribution in [0.5, 0.6) is 0 Å². The van der Waals surface area contributed by atoms with Crippen molar-refractivity contribution in [1.82, 2.24) is 14.5 Å². The normalized spacial score (nSPS) is 15.3. The van der Waals surface area contributed by atoms with Crippen molar-refractivity contribution in [2.24, 2.45) is 4.99 Å². The molecule has 3 aliphatic heterocycles. The lowest BCUT2D eigenvalue weighted by molar-refractivity contribution is -0.119. The van der Waals surface area contributed by atoms with Crippen LogP contribution in [0.3, 0.4) is 0 Å². The second-order valence-corrected chi connectivity index (χ2v) is 10.3. The number of imidazole rings is 1. The maximum atomic E-state index is 13.5. The summed E-state index contributed by atoms with van der Waals surface area (Å²) in [5.74, 6) is 1.39. The predicted octanol–water partition coefficient (Wildman–Crippen LogP) is 5.58. The molecule has 0 bridgehead atoms. The fourth-order valence-electron chi connectivity index (χ4n) is 4.37. The molecule has 38 heavy (non-hydrogen) atoms. The van der Waals surface area contributed by atoms with Crippen LogP contribution in [0.2, 0.25) is 0 Å². The number of carbonyl (C=O) groups excluding carboxylic acids is 1. The number of aryl methyl sites for hydroxylation is 1. The fraction of sp³-hybridized carbons (Fsp3) is 0.310. The molecule has 1 amide bonds. The Morgan fingerprint density at radius 3 is 2.66 bits per heavy atom. The van der Waals surface area contributed by atoms with Crippen molar-refractivity contribution < 1.29 is 9.53 Å². The quantitative estimate of drug-likeness (QED) is 0.247. The number of pyridine rings is 1.